The SMILES string of the molecule is CCCN(CCC)C(=S)COc1c2cc(C(C)(C)C)cc1Cc1cc(C(C)(C)C)cc(c1OCC(=S)N(CCC)CCC)Cc1cc(C(C)(C)C)cc(c1OCC(=S)N(CCC)CCC)Cc1cc(C(C)(C)C)cc(c1OCC(=S)N(CCC)CCC)Cc1cc(C(C)(C)C)cc(c1OCC(=S)N(CCC)CCC)C2. The number of hydrogen-bond acceptors (Lipinski definition) is 10. The maximum Gasteiger partial charge on any atom is 0.138 e. The van der Waals surface area contributed by atoms with E-state index in [0.717, 1.165) is 239 Å². The maximum absolute atomic E-state index is 7.66. The Bertz CT molecular complexity index is 3160. The minimum Gasteiger partial charge on any atom is -0.486 e. The fourth-order valence-electron chi connectivity index (χ4n) is 14.8. The molecule has 1 aliphatic carbocycles. The molecule has 110 heavy (non-hydrogen) atoms. The zero-order valence-corrected chi connectivity index (χ0v) is 77.4. The van der Waals surface area contributed by atoms with E-state index >= 15 is 0 Å². The van der Waals surface area contributed by atoms with E-state index in [9.17, 15) is 0 Å². The smallest absolute Gasteiger partial charge is 0.138 e. The van der Waals surface area contributed by atoms with Crippen LogP contribution >= 0.6 is 61.1 Å². The maximum atomic E-state index is 7.66. The number of ether oxygens (including phenoxy) is 5. The van der Waals surface area contributed by atoms with Gasteiger partial charge in [0.1, 0.15) is 86.7 Å². The number of nitrogens with zero attached hydrogens (tertiary/aromatic N) is 5. The first-order chi connectivity index (χ1) is 51.8. The Morgan fingerprint density at radius 3 is 0.427 bits per heavy atom. The van der Waals surface area contributed by atoms with Crippen LogP contribution in [0, 0.1) is 0 Å². The highest BCUT2D eigenvalue weighted by Crippen LogP contribution is 2.46. The van der Waals surface area contributed by atoms with Crippen LogP contribution in [0.15, 0.2) is 60.7 Å². The lowest BCUT2D eigenvalue weighted by Gasteiger charge is -2.30. The lowest BCUT2D eigenvalue weighted by atomic mass is 9.79. The van der Waals surface area contributed by atoms with E-state index in [1.807, 2.05) is 0 Å². The third-order valence-corrected chi connectivity index (χ3v) is 22.7. The molecule has 5 aromatic carbocycles. The van der Waals surface area contributed by atoms with Crippen molar-refractivity contribution in [1.29, 1.82) is 0 Å². The molecule has 0 amide bonds. The normalized spacial score (nSPS) is 12.8. The molecule has 5 aromatic rings. The van der Waals surface area contributed by atoms with Gasteiger partial charge in [-0.1, -0.05) is 295 Å². The van der Waals surface area contributed by atoms with Crippen LogP contribution in [0.2, 0.25) is 0 Å². The molecule has 0 N–H and O–H groups in total. The molecule has 0 saturated carbocycles. The van der Waals surface area contributed by atoms with Crippen molar-refractivity contribution >= 4 is 86.0 Å². The molecule has 10 nitrogen and oxygen atoms in total. The van der Waals surface area contributed by atoms with Gasteiger partial charge in [0.25, 0.3) is 0 Å². The fraction of sp³-hybridized carbons (Fsp3) is 0.632. The molecule has 6 rings (SSSR count). The van der Waals surface area contributed by atoms with Gasteiger partial charge in [0, 0.05) is 97.6 Å². The topological polar surface area (TPSA) is 62.4 Å². The Morgan fingerprint density at radius 2 is 0.336 bits per heavy atom. The van der Waals surface area contributed by atoms with Crippen molar-refractivity contribution in [3.63, 3.8) is 0 Å². The van der Waals surface area contributed by atoms with Gasteiger partial charge < -0.3 is 48.2 Å². The Morgan fingerprint density at radius 1 is 0.227 bits per heavy atom. The summed E-state index contributed by atoms with van der Waals surface area (Å²) < 4.78 is 38.3. The Hall–Kier alpha value is -5.45. The molecule has 0 aromatic heterocycles. The van der Waals surface area contributed by atoms with Crippen LogP contribution in [-0.2, 0) is 59.2 Å². The summed E-state index contributed by atoms with van der Waals surface area (Å²) in [5.74, 6) is 4.07. The quantitative estimate of drug-likeness (QED) is 0.0355. The fourth-order valence-corrected chi connectivity index (χ4v) is 16.0. The zero-order valence-electron chi connectivity index (χ0n) is 73.3. The van der Waals surface area contributed by atoms with E-state index in [0.29, 0.717) is 32.1 Å². The molecule has 0 spiro atoms. The second-order valence-electron chi connectivity index (χ2n) is 36.1. The molecule has 0 atom stereocenters. The number of thiocarbonyl (C=S) groups is 5. The molecule has 10 bridgehead atoms. The number of fused-ring (bicyclic) bond motifs is 10. The minimum atomic E-state index is -0.292. The zero-order chi connectivity index (χ0) is 81.6. The monoisotopic (exact) mass is 1600 g/mol. The van der Waals surface area contributed by atoms with E-state index < -0.39 is 0 Å². The Balaban J connectivity index is 2.00. The van der Waals surface area contributed by atoms with Crippen molar-refractivity contribution in [1.82, 2.24) is 24.5 Å². The summed E-state index contributed by atoms with van der Waals surface area (Å²) >= 11 is 32.6. The molecule has 0 saturated heterocycles. The second-order valence-corrected chi connectivity index (χ2v) is 38.5. The Kier molecular flexibility index (Phi) is 36.3. The van der Waals surface area contributed by atoms with Crippen LogP contribution in [0.3, 0.4) is 0 Å². The van der Waals surface area contributed by atoms with Gasteiger partial charge in [-0.3, -0.25) is 0 Å². The molecule has 0 aliphatic heterocycles. The van der Waals surface area contributed by atoms with Gasteiger partial charge >= 0.3 is 0 Å². The largest absolute Gasteiger partial charge is 0.486 e. The first-order valence-electron chi connectivity index (χ1n) is 42.2. The van der Waals surface area contributed by atoms with E-state index in [2.05, 4.69) is 258 Å². The van der Waals surface area contributed by atoms with Crippen molar-refractivity contribution in [2.45, 2.75) is 296 Å². The predicted octanol–water partition coefficient (Wildman–Crippen LogP) is 23.6. The summed E-state index contributed by atoms with van der Waals surface area (Å²) in [6, 6.07) is 24.2. The van der Waals surface area contributed by atoms with E-state index in [1.165, 1.54) is 27.8 Å². The summed E-state index contributed by atoms with van der Waals surface area (Å²) in [5, 5.41) is 0. The summed E-state index contributed by atoms with van der Waals surface area (Å²) in [5.41, 5.74) is 15.0. The summed E-state index contributed by atoms with van der Waals surface area (Å²) in [4.78, 5) is 15.7. The number of rotatable bonds is 35. The molecular weight excluding hydrogens is 1450 g/mol. The van der Waals surface area contributed by atoms with Crippen molar-refractivity contribution in [3.05, 3.63) is 144 Å². The van der Waals surface area contributed by atoms with Crippen LogP contribution in [0.25, 0.3) is 0 Å². The van der Waals surface area contributed by atoms with Gasteiger partial charge in [-0.15, -0.1) is 0 Å². The van der Waals surface area contributed by atoms with Crippen molar-refractivity contribution < 1.29 is 23.7 Å². The van der Waals surface area contributed by atoms with Gasteiger partial charge in [0.15, 0.2) is 0 Å². The van der Waals surface area contributed by atoms with Crippen LogP contribution in [0.4, 0.5) is 0 Å². The highest BCUT2D eigenvalue weighted by Gasteiger charge is 2.33. The van der Waals surface area contributed by atoms with Gasteiger partial charge in [0.2, 0.25) is 0 Å². The number of hydrogen-bond donors (Lipinski definition) is 0. The lowest BCUT2D eigenvalue weighted by molar-refractivity contribution is 0.328. The summed E-state index contributed by atoms with van der Waals surface area (Å²) in [6.45, 7) is 66.9. The lowest BCUT2D eigenvalue weighted by Crippen LogP contribution is -2.35. The number of benzene rings is 5. The molecule has 0 radical (unpaired) electrons. The van der Waals surface area contributed by atoms with E-state index in [1.54, 1.807) is 0 Å². The molecule has 610 valence electrons. The van der Waals surface area contributed by atoms with Crippen LogP contribution in [0.5, 0.6) is 28.7 Å². The predicted molar refractivity (Wildman–Crippen MR) is 491 cm³/mol. The van der Waals surface area contributed by atoms with Crippen LogP contribution < -0.4 is 23.7 Å². The Labute approximate surface area is 697 Å². The average molecular weight is 1600 g/mol. The molecule has 0 fully saturated rings. The third-order valence-electron chi connectivity index (χ3n) is 20.8. The van der Waals surface area contributed by atoms with E-state index in [4.69, 9.17) is 84.8 Å². The van der Waals surface area contributed by atoms with Gasteiger partial charge in [-0.2, -0.15) is 0 Å². The van der Waals surface area contributed by atoms with Crippen LogP contribution in [-0.4, -0.2) is 148 Å². The highest BCUT2D eigenvalue weighted by atomic mass is 32.1. The molecule has 1 aliphatic rings. The van der Waals surface area contributed by atoms with Crippen LogP contribution in [0.1, 0.15) is 321 Å². The highest BCUT2D eigenvalue weighted by molar-refractivity contribution is 7.81. The van der Waals surface area contributed by atoms with Gasteiger partial charge in [0.05, 0.1) is 0 Å². The van der Waals surface area contributed by atoms with E-state index in [-0.39, 0.29) is 60.1 Å². The third kappa shape index (κ3) is 26.6. The van der Waals surface area contributed by atoms with Crippen molar-refractivity contribution in [2.24, 2.45) is 0 Å². The minimum absolute atomic E-state index is 0.232. The second kappa shape index (κ2) is 42.8. The first-order valence-corrected chi connectivity index (χ1v) is 44.2. The molecular formula is C95H145N5O5S5. The standard InChI is InChI=1S/C95H145N5O5S5/c1-26-36-96(37-27-2)81(106)61-101-86-66-46-68-53-77(92(14,15)16)55-70(87(68)102-62-82(107)97(38-28-3)39-29-4)48-72-57-79(94(20,21)22)59-74(89(72)104-64-84(109)99(42-32-7)43-33-8)50-75-60-80(95(23,24)25)58-73(90(75)105-65-85(110)100(44-34-9)45-35-10)49-71-56-78(93(17,18)19)54-69(47-67(86)52-76(51-66)91(11,12)13)88(71)103-63-83(108)98(40-30-5)41-31-6/h51-60H,26-50,61-65H2,1-25H3. The molecule has 0 heterocycles. The average Bonchev–Trinajstić information content (AvgIpc) is 0.766. The van der Waals surface area contributed by atoms with Gasteiger partial charge in [-0.05, 0) is 175 Å². The van der Waals surface area contributed by atoms with Crippen molar-refractivity contribution in [2.75, 3.05) is 98.5 Å². The summed E-state index contributed by atoms with van der Waals surface area (Å²) in [6.07, 6.45) is 12.1. The molecule has 0 unspecified atom stereocenters. The van der Waals surface area contributed by atoms with Crippen molar-refractivity contribution in [3.8, 4) is 28.7 Å². The first kappa shape index (κ1) is 93.4. The van der Waals surface area contributed by atoms with Gasteiger partial charge in [-0.25, -0.2) is 0 Å². The molecule has 15 heteroatoms. The summed E-state index contributed by atoms with van der Waals surface area (Å²) in [7, 11) is 0.